The van der Waals surface area contributed by atoms with Gasteiger partial charge in [-0.3, -0.25) is 0 Å². The van der Waals surface area contributed by atoms with Crippen LogP contribution in [0.2, 0.25) is 0 Å². The number of hydrogen-bond acceptors (Lipinski definition) is 0. The first-order valence-electron chi connectivity index (χ1n) is 6.61. The molecule has 104 valence electrons. The molecule has 3 aromatic carbocycles. The first kappa shape index (κ1) is 13.9. The molecule has 0 aliphatic rings. The lowest BCUT2D eigenvalue weighted by Gasteiger charge is -2.19. The Balaban J connectivity index is 2.17. The van der Waals surface area contributed by atoms with Crippen LogP contribution in [-0.2, 0) is 0 Å². The molecule has 0 saturated carbocycles. The van der Waals surface area contributed by atoms with Gasteiger partial charge in [0.2, 0.25) is 0 Å². The lowest BCUT2D eigenvalue weighted by atomic mass is 10.3. The zero-order valence-electron chi connectivity index (χ0n) is 11.2. The first-order chi connectivity index (χ1) is 10.3. The topological polar surface area (TPSA) is 0 Å². The Labute approximate surface area is 123 Å². The van der Waals surface area contributed by atoms with Gasteiger partial charge in [0.1, 0.15) is 11.6 Å². The maximum absolute atomic E-state index is 14.2. The lowest BCUT2D eigenvalue weighted by molar-refractivity contribution is 0.588. The van der Waals surface area contributed by atoms with Crippen molar-refractivity contribution in [3.8, 4) is 0 Å². The van der Waals surface area contributed by atoms with E-state index in [0.29, 0.717) is 5.30 Å². The molecule has 3 aromatic rings. The fraction of sp³-hybridized carbons (Fsp3) is 0. The molecule has 0 radical (unpaired) electrons. The largest absolute Gasteiger partial charge is 0.207 e. The van der Waals surface area contributed by atoms with E-state index >= 15 is 0 Å². The zero-order valence-corrected chi connectivity index (χ0v) is 12.1. The van der Waals surface area contributed by atoms with Crippen molar-refractivity contribution in [2.24, 2.45) is 0 Å². The van der Waals surface area contributed by atoms with Crippen LogP contribution in [0.15, 0.2) is 78.9 Å². The van der Waals surface area contributed by atoms with Crippen LogP contribution in [0.3, 0.4) is 0 Å². The van der Waals surface area contributed by atoms with Gasteiger partial charge < -0.3 is 0 Å². The van der Waals surface area contributed by atoms with E-state index in [-0.39, 0.29) is 0 Å². The minimum Gasteiger partial charge on any atom is -0.207 e. The number of halogens is 2. The summed E-state index contributed by atoms with van der Waals surface area (Å²) in [5.41, 5.74) is 0. The third-order valence-corrected chi connectivity index (χ3v) is 5.65. The van der Waals surface area contributed by atoms with Crippen LogP contribution < -0.4 is 15.9 Å². The van der Waals surface area contributed by atoms with E-state index in [0.717, 1.165) is 16.7 Å². The van der Waals surface area contributed by atoms with Gasteiger partial charge in [-0.2, -0.15) is 0 Å². The van der Waals surface area contributed by atoms with Gasteiger partial charge >= 0.3 is 0 Å². The van der Waals surface area contributed by atoms with Crippen molar-refractivity contribution in [3.63, 3.8) is 0 Å². The Bertz CT molecular complexity index is 687. The number of benzene rings is 3. The molecule has 0 nitrogen and oxygen atoms in total. The molecule has 0 heterocycles. The summed E-state index contributed by atoms with van der Waals surface area (Å²) < 4.78 is 27.4. The lowest BCUT2D eigenvalue weighted by Crippen LogP contribution is -2.22. The summed E-state index contributed by atoms with van der Waals surface area (Å²) in [4.78, 5) is 0. The molecular formula is C18H13F2P. The highest BCUT2D eigenvalue weighted by atomic mass is 31.1. The van der Waals surface area contributed by atoms with Gasteiger partial charge in [0, 0.05) is 11.4 Å². The summed E-state index contributed by atoms with van der Waals surface area (Å²) in [7, 11) is -1.02. The molecule has 21 heavy (non-hydrogen) atoms. The van der Waals surface area contributed by atoms with Crippen LogP contribution in [0.5, 0.6) is 0 Å². The second kappa shape index (κ2) is 6.15. The molecule has 0 aliphatic heterocycles. The van der Waals surface area contributed by atoms with Crippen molar-refractivity contribution in [2.75, 3.05) is 0 Å². The highest BCUT2D eigenvalue weighted by Crippen LogP contribution is 2.33. The van der Waals surface area contributed by atoms with Gasteiger partial charge in [-0.1, -0.05) is 60.7 Å². The summed E-state index contributed by atoms with van der Waals surface area (Å²) in [5.74, 6) is -1.04. The van der Waals surface area contributed by atoms with Crippen molar-refractivity contribution in [2.45, 2.75) is 0 Å². The molecule has 0 fully saturated rings. The van der Waals surface area contributed by atoms with E-state index in [4.69, 9.17) is 0 Å². The molecule has 0 spiro atoms. The van der Waals surface area contributed by atoms with Crippen molar-refractivity contribution in [3.05, 3.63) is 90.5 Å². The van der Waals surface area contributed by atoms with E-state index in [1.54, 1.807) is 6.07 Å². The van der Waals surface area contributed by atoms with E-state index in [2.05, 4.69) is 0 Å². The van der Waals surface area contributed by atoms with Crippen molar-refractivity contribution >= 4 is 23.8 Å². The van der Waals surface area contributed by atoms with Gasteiger partial charge in [-0.05, 0) is 30.7 Å². The number of rotatable bonds is 3. The van der Waals surface area contributed by atoms with E-state index in [1.807, 2.05) is 60.7 Å². The molecule has 0 bridgehead atoms. The fourth-order valence-corrected chi connectivity index (χ4v) is 4.54. The van der Waals surface area contributed by atoms with Crippen molar-refractivity contribution in [1.82, 2.24) is 0 Å². The minimum atomic E-state index is -1.02. The van der Waals surface area contributed by atoms with Gasteiger partial charge in [-0.15, -0.1) is 0 Å². The average Bonchev–Trinajstić information content (AvgIpc) is 2.52. The third kappa shape index (κ3) is 3.01. The summed E-state index contributed by atoms with van der Waals surface area (Å²) in [6.45, 7) is 0. The Hall–Kier alpha value is -2.05. The molecule has 0 saturated heterocycles. The molecule has 3 heteroatoms. The summed E-state index contributed by atoms with van der Waals surface area (Å²) in [6, 6.07) is 23.4. The normalized spacial score (nSPS) is 10.8. The second-order valence-electron chi connectivity index (χ2n) is 4.60. The maximum atomic E-state index is 14.2. The predicted octanol–water partition coefficient (Wildman–Crippen LogP) is 3.72. The first-order valence-corrected chi connectivity index (χ1v) is 7.95. The molecule has 0 aliphatic carbocycles. The van der Waals surface area contributed by atoms with Crippen LogP contribution in [0, 0.1) is 11.6 Å². The Morgan fingerprint density at radius 3 is 1.62 bits per heavy atom. The molecule has 0 unspecified atom stereocenters. The Kier molecular flexibility index (Phi) is 4.08. The Morgan fingerprint density at radius 2 is 1.14 bits per heavy atom. The van der Waals surface area contributed by atoms with Gasteiger partial charge in [0.25, 0.3) is 0 Å². The van der Waals surface area contributed by atoms with Gasteiger partial charge in [-0.25, -0.2) is 8.78 Å². The molecule has 0 amide bonds. The predicted molar refractivity (Wildman–Crippen MR) is 85.1 cm³/mol. The van der Waals surface area contributed by atoms with Crippen LogP contribution in [-0.4, -0.2) is 0 Å². The molecule has 0 atom stereocenters. The minimum absolute atomic E-state index is 0.492. The van der Waals surface area contributed by atoms with Crippen LogP contribution >= 0.6 is 7.92 Å². The van der Waals surface area contributed by atoms with E-state index in [1.165, 1.54) is 6.07 Å². The van der Waals surface area contributed by atoms with Gasteiger partial charge in [0.05, 0.1) is 0 Å². The average molecular weight is 298 g/mol. The fourth-order valence-electron chi connectivity index (χ4n) is 2.24. The van der Waals surface area contributed by atoms with Crippen molar-refractivity contribution in [1.29, 1.82) is 0 Å². The smallest absolute Gasteiger partial charge is 0.134 e. The molecule has 3 rings (SSSR count). The second-order valence-corrected chi connectivity index (χ2v) is 6.79. The van der Waals surface area contributed by atoms with Gasteiger partial charge in [0.15, 0.2) is 0 Å². The summed E-state index contributed by atoms with van der Waals surface area (Å²) in [5, 5.41) is 2.64. The highest BCUT2D eigenvalue weighted by Gasteiger charge is 2.19. The SMILES string of the molecule is Fc1ccc(P(c2ccccc2)c2ccccc2)c(F)c1. The molecular weight excluding hydrogens is 285 g/mol. The zero-order chi connectivity index (χ0) is 14.7. The Morgan fingerprint density at radius 1 is 0.619 bits per heavy atom. The van der Waals surface area contributed by atoms with E-state index < -0.39 is 19.6 Å². The van der Waals surface area contributed by atoms with Crippen LogP contribution in [0.1, 0.15) is 0 Å². The highest BCUT2D eigenvalue weighted by molar-refractivity contribution is 7.79. The molecule has 0 aromatic heterocycles. The van der Waals surface area contributed by atoms with Crippen LogP contribution in [0.25, 0.3) is 0 Å². The third-order valence-electron chi connectivity index (χ3n) is 3.18. The molecule has 0 N–H and O–H groups in total. The van der Waals surface area contributed by atoms with E-state index in [9.17, 15) is 8.78 Å². The summed E-state index contributed by atoms with van der Waals surface area (Å²) in [6.07, 6.45) is 0. The maximum Gasteiger partial charge on any atom is 0.134 e. The number of hydrogen-bond donors (Lipinski definition) is 0. The monoisotopic (exact) mass is 298 g/mol. The van der Waals surface area contributed by atoms with Crippen molar-refractivity contribution < 1.29 is 8.78 Å². The quantitative estimate of drug-likeness (QED) is 0.646. The summed E-state index contributed by atoms with van der Waals surface area (Å²) >= 11 is 0. The van der Waals surface area contributed by atoms with Crippen LogP contribution in [0.4, 0.5) is 8.78 Å². The standard InChI is InChI=1S/C18H13F2P/c19-14-11-12-18(17(20)13-14)21(15-7-3-1-4-8-15)16-9-5-2-6-10-16/h1-13H.